The molecule has 0 aromatic heterocycles. The van der Waals surface area contributed by atoms with Gasteiger partial charge >= 0.3 is 0 Å². The summed E-state index contributed by atoms with van der Waals surface area (Å²) in [5.74, 6) is 2.52. The van der Waals surface area contributed by atoms with Crippen molar-refractivity contribution < 1.29 is 9.47 Å². The molecule has 2 aliphatic rings. The van der Waals surface area contributed by atoms with Crippen LogP contribution in [0.5, 0.6) is 11.5 Å². The fourth-order valence-electron chi connectivity index (χ4n) is 3.85. The van der Waals surface area contributed by atoms with Crippen LogP contribution < -0.4 is 19.4 Å². The van der Waals surface area contributed by atoms with E-state index in [1.165, 1.54) is 0 Å². The Morgan fingerprint density at radius 1 is 0.875 bits per heavy atom. The Bertz CT molecular complexity index is 1280. The van der Waals surface area contributed by atoms with E-state index in [0.717, 1.165) is 16.8 Å². The van der Waals surface area contributed by atoms with Gasteiger partial charge in [-0.2, -0.15) is 4.99 Å². The number of benzene rings is 3. The van der Waals surface area contributed by atoms with Gasteiger partial charge in [-0.25, -0.2) is 0 Å². The van der Waals surface area contributed by atoms with E-state index in [2.05, 4.69) is 34.6 Å². The van der Waals surface area contributed by atoms with Gasteiger partial charge in [-0.15, -0.1) is 0 Å². The van der Waals surface area contributed by atoms with E-state index in [1.807, 2.05) is 54.7 Å². The Morgan fingerprint density at radius 2 is 1.69 bits per heavy atom. The zero-order chi connectivity index (χ0) is 22.0. The summed E-state index contributed by atoms with van der Waals surface area (Å²) in [6, 6.07) is 24.0. The van der Waals surface area contributed by atoms with Crippen LogP contribution in [0.3, 0.4) is 0 Å². The molecular weight excluding hydrogens is 402 g/mol. The van der Waals surface area contributed by atoms with E-state index in [4.69, 9.17) is 19.6 Å². The number of aliphatic imine (C=N–C) groups is 2. The standard InChI is InChI=1S/C25H22N5O2/c1-31-19-12-13-23(32-2)21(16-19)27-25-28-24-17-26-14-15-30(24,29-25)22-11-7-6-10-20(22)18-8-4-3-5-9-18/h3-17H,1-2H3,(H,27,29)/q+1. The van der Waals surface area contributed by atoms with Gasteiger partial charge in [0.2, 0.25) is 0 Å². The molecule has 3 aromatic carbocycles. The van der Waals surface area contributed by atoms with Crippen LogP contribution in [0.1, 0.15) is 0 Å². The van der Waals surface area contributed by atoms with Gasteiger partial charge in [0.05, 0.1) is 26.1 Å². The van der Waals surface area contributed by atoms with Gasteiger partial charge in [0.25, 0.3) is 11.8 Å². The molecule has 0 saturated carbocycles. The summed E-state index contributed by atoms with van der Waals surface area (Å²) in [4.78, 5) is 9.05. The minimum absolute atomic E-state index is 0.0865. The van der Waals surface area contributed by atoms with Crippen molar-refractivity contribution in [3.8, 4) is 22.6 Å². The number of hydrogen-bond donors (Lipinski definition) is 1. The third-order valence-electron chi connectivity index (χ3n) is 5.39. The molecule has 0 amide bonds. The molecule has 158 valence electrons. The summed E-state index contributed by atoms with van der Waals surface area (Å²) in [7, 11) is 3.25. The maximum Gasteiger partial charge on any atom is 0.287 e. The summed E-state index contributed by atoms with van der Waals surface area (Å²) in [6.07, 6.45) is 5.42. The summed E-state index contributed by atoms with van der Waals surface area (Å²) in [6.45, 7) is 0. The number of nitrogens with one attached hydrogen (secondary N) is 1. The Morgan fingerprint density at radius 3 is 2.50 bits per heavy atom. The second-order valence-corrected chi connectivity index (χ2v) is 7.23. The molecule has 1 N–H and O–H groups in total. The first-order valence-corrected chi connectivity index (χ1v) is 10.2. The van der Waals surface area contributed by atoms with Crippen molar-refractivity contribution in [3.63, 3.8) is 0 Å². The monoisotopic (exact) mass is 424 g/mol. The molecule has 0 bridgehead atoms. The van der Waals surface area contributed by atoms with Crippen molar-refractivity contribution in [1.29, 1.82) is 0 Å². The Balaban J connectivity index is 1.61. The number of para-hydroxylation sites is 1. The van der Waals surface area contributed by atoms with E-state index in [0.29, 0.717) is 29.0 Å². The smallest absolute Gasteiger partial charge is 0.287 e. The quantitative estimate of drug-likeness (QED) is 0.584. The normalized spacial score (nSPS) is 18.6. The molecule has 0 spiro atoms. The lowest BCUT2D eigenvalue weighted by Crippen LogP contribution is -2.44. The first kappa shape index (κ1) is 19.7. The minimum atomic E-state index is 0.0865. The third-order valence-corrected chi connectivity index (χ3v) is 5.39. The van der Waals surface area contributed by atoms with E-state index in [9.17, 15) is 0 Å². The van der Waals surface area contributed by atoms with Crippen LogP contribution >= 0.6 is 0 Å². The number of fused-ring (bicyclic) bond motifs is 1. The summed E-state index contributed by atoms with van der Waals surface area (Å²) >= 11 is 0. The summed E-state index contributed by atoms with van der Waals surface area (Å²) < 4.78 is 10.9. The highest BCUT2D eigenvalue weighted by atomic mass is 16.5. The van der Waals surface area contributed by atoms with Crippen LogP contribution in [0.2, 0.25) is 0 Å². The Labute approximate surface area is 186 Å². The molecule has 2 heterocycles. The van der Waals surface area contributed by atoms with Gasteiger partial charge in [-0.05, 0) is 28.9 Å². The highest BCUT2D eigenvalue weighted by Crippen LogP contribution is 2.39. The van der Waals surface area contributed by atoms with E-state index < -0.39 is 0 Å². The first-order chi connectivity index (χ1) is 15.7. The average molecular weight is 424 g/mol. The van der Waals surface area contributed by atoms with Crippen molar-refractivity contribution in [3.05, 3.63) is 85.2 Å². The van der Waals surface area contributed by atoms with Gasteiger partial charge in [0, 0.05) is 17.7 Å². The lowest BCUT2D eigenvalue weighted by molar-refractivity contribution is 0.405. The number of guanidine groups is 1. The second-order valence-electron chi connectivity index (χ2n) is 7.23. The molecule has 32 heavy (non-hydrogen) atoms. The molecule has 5 rings (SSSR count). The SMILES string of the molecule is COc1ccc(OC)c(NC2=N[N+]3(c4ccccc4-c4ccccc4)C=CN=CC3=N2)c1. The van der Waals surface area contributed by atoms with Crippen LogP contribution in [-0.4, -0.2) is 32.2 Å². The van der Waals surface area contributed by atoms with Crippen LogP contribution in [0.4, 0.5) is 11.4 Å². The van der Waals surface area contributed by atoms with Crippen LogP contribution in [-0.2, 0) is 0 Å². The molecule has 0 radical (unpaired) electrons. The van der Waals surface area contributed by atoms with Gasteiger partial charge in [0.1, 0.15) is 17.7 Å². The number of amidine groups is 1. The molecule has 7 heteroatoms. The van der Waals surface area contributed by atoms with Crippen LogP contribution in [0.15, 0.2) is 100 Å². The predicted molar refractivity (Wildman–Crippen MR) is 129 cm³/mol. The summed E-state index contributed by atoms with van der Waals surface area (Å²) in [5, 5.41) is 8.28. The largest absolute Gasteiger partial charge is 0.497 e. The molecule has 2 aliphatic heterocycles. The zero-order valence-electron chi connectivity index (χ0n) is 17.8. The van der Waals surface area contributed by atoms with Crippen molar-refractivity contribution >= 4 is 29.4 Å². The number of ether oxygens (including phenoxy) is 2. The van der Waals surface area contributed by atoms with Crippen molar-refractivity contribution in [2.45, 2.75) is 0 Å². The van der Waals surface area contributed by atoms with Crippen molar-refractivity contribution in [2.75, 3.05) is 19.5 Å². The van der Waals surface area contributed by atoms with Gasteiger partial charge in [-0.1, -0.05) is 47.1 Å². The van der Waals surface area contributed by atoms with Crippen molar-refractivity contribution in [1.82, 2.24) is 4.59 Å². The fraction of sp³-hybridized carbons (Fsp3) is 0.0800. The fourth-order valence-corrected chi connectivity index (χ4v) is 3.85. The van der Waals surface area contributed by atoms with Crippen LogP contribution in [0, 0.1) is 0 Å². The highest BCUT2D eigenvalue weighted by molar-refractivity contribution is 6.38. The molecule has 0 aliphatic carbocycles. The summed E-state index contributed by atoms with van der Waals surface area (Å²) in [5.41, 5.74) is 3.88. The molecule has 1 atom stereocenters. The topological polar surface area (TPSA) is 67.6 Å². The molecule has 1 unspecified atom stereocenters. The minimum Gasteiger partial charge on any atom is -0.497 e. The number of hydrogen-bond acceptors (Lipinski definition) is 6. The number of rotatable bonds is 5. The van der Waals surface area contributed by atoms with Gasteiger partial charge in [-0.3, -0.25) is 4.99 Å². The number of nitrogens with zero attached hydrogens (tertiary/aromatic N) is 4. The Kier molecular flexibility index (Phi) is 5.01. The zero-order valence-corrected chi connectivity index (χ0v) is 17.8. The first-order valence-electron chi connectivity index (χ1n) is 10.2. The Hall–Kier alpha value is -4.23. The van der Waals surface area contributed by atoms with Gasteiger partial charge < -0.3 is 14.8 Å². The molecular formula is C25H22N5O2+. The molecule has 3 aromatic rings. The van der Waals surface area contributed by atoms with E-state index >= 15 is 0 Å². The molecule has 0 saturated heterocycles. The van der Waals surface area contributed by atoms with Crippen molar-refractivity contribution in [2.24, 2.45) is 15.1 Å². The third kappa shape index (κ3) is 3.34. The maximum atomic E-state index is 5.49. The van der Waals surface area contributed by atoms with E-state index in [1.54, 1.807) is 26.6 Å². The second kappa shape index (κ2) is 8.13. The maximum absolute atomic E-state index is 5.49. The molecule has 7 nitrogen and oxygen atoms in total. The average Bonchev–Trinajstić information content (AvgIpc) is 3.23. The lowest BCUT2D eigenvalue weighted by Gasteiger charge is -2.26. The van der Waals surface area contributed by atoms with Gasteiger partial charge in [0.15, 0.2) is 11.9 Å². The number of methoxy groups -OCH3 is 2. The molecule has 0 fully saturated rings. The number of anilines is 1. The predicted octanol–water partition coefficient (Wildman–Crippen LogP) is 5.03. The highest BCUT2D eigenvalue weighted by Gasteiger charge is 2.44. The van der Waals surface area contributed by atoms with Crippen LogP contribution in [0.25, 0.3) is 11.1 Å². The lowest BCUT2D eigenvalue weighted by atomic mass is 10.0. The van der Waals surface area contributed by atoms with E-state index in [-0.39, 0.29) is 4.59 Å². The number of quaternary nitrogens is 1.